The predicted octanol–water partition coefficient (Wildman–Crippen LogP) is 1.69. The third-order valence-corrected chi connectivity index (χ3v) is 2.76. The summed E-state index contributed by atoms with van der Waals surface area (Å²) >= 11 is 0. The Hall–Kier alpha value is -2.89. The SMILES string of the molecule is CN(C)/C=C/C(=O)c1cc(-c2ccnc(N)n2)ccc1O. The summed E-state index contributed by atoms with van der Waals surface area (Å²) in [7, 11) is 3.62. The molecule has 0 unspecified atom stereocenters. The summed E-state index contributed by atoms with van der Waals surface area (Å²) < 4.78 is 0. The van der Waals surface area contributed by atoms with Gasteiger partial charge in [0.2, 0.25) is 5.95 Å². The second-order valence-corrected chi connectivity index (χ2v) is 4.68. The summed E-state index contributed by atoms with van der Waals surface area (Å²) in [4.78, 5) is 21.7. The fourth-order valence-electron chi connectivity index (χ4n) is 1.73. The first-order valence-corrected chi connectivity index (χ1v) is 6.28. The number of hydrogen-bond donors (Lipinski definition) is 2. The molecule has 0 radical (unpaired) electrons. The highest BCUT2D eigenvalue weighted by Gasteiger charge is 2.11. The summed E-state index contributed by atoms with van der Waals surface area (Å²) in [6, 6.07) is 6.40. The van der Waals surface area contributed by atoms with Gasteiger partial charge in [-0.1, -0.05) is 0 Å². The molecule has 0 bridgehead atoms. The second-order valence-electron chi connectivity index (χ2n) is 4.68. The van der Waals surface area contributed by atoms with Crippen molar-refractivity contribution in [2.75, 3.05) is 19.8 Å². The smallest absolute Gasteiger partial charge is 0.220 e. The number of allylic oxidation sites excluding steroid dienone is 1. The molecule has 3 N–H and O–H groups in total. The van der Waals surface area contributed by atoms with Crippen LogP contribution < -0.4 is 5.73 Å². The minimum Gasteiger partial charge on any atom is -0.507 e. The van der Waals surface area contributed by atoms with Crippen LogP contribution in [0, 0.1) is 0 Å². The molecule has 0 saturated carbocycles. The topological polar surface area (TPSA) is 92.3 Å². The van der Waals surface area contributed by atoms with Crippen molar-refractivity contribution in [3.05, 3.63) is 48.3 Å². The number of ketones is 1. The number of carbonyl (C=O) groups excluding carboxylic acids is 1. The minimum absolute atomic E-state index is 0.0748. The molecule has 1 aromatic carbocycles. The van der Waals surface area contributed by atoms with Crippen LogP contribution in [0.25, 0.3) is 11.3 Å². The van der Waals surface area contributed by atoms with Crippen LogP contribution in [-0.4, -0.2) is 39.9 Å². The van der Waals surface area contributed by atoms with E-state index in [1.165, 1.54) is 18.3 Å². The van der Waals surface area contributed by atoms with E-state index < -0.39 is 0 Å². The quantitative estimate of drug-likeness (QED) is 0.655. The van der Waals surface area contributed by atoms with Gasteiger partial charge >= 0.3 is 0 Å². The predicted molar refractivity (Wildman–Crippen MR) is 80.7 cm³/mol. The third-order valence-electron chi connectivity index (χ3n) is 2.76. The number of phenols is 1. The van der Waals surface area contributed by atoms with Crippen molar-refractivity contribution < 1.29 is 9.90 Å². The molecule has 0 fully saturated rings. The summed E-state index contributed by atoms with van der Waals surface area (Å²) in [5.74, 6) is -0.208. The highest BCUT2D eigenvalue weighted by Crippen LogP contribution is 2.25. The molecule has 0 spiro atoms. The van der Waals surface area contributed by atoms with Crippen LogP contribution in [0.5, 0.6) is 5.75 Å². The Morgan fingerprint density at radius 1 is 1.33 bits per heavy atom. The van der Waals surface area contributed by atoms with Crippen LogP contribution in [-0.2, 0) is 0 Å². The zero-order valence-corrected chi connectivity index (χ0v) is 11.8. The van der Waals surface area contributed by atoms with Gasteiger partial charge in [-0.05, 0) is 24.3 Å². The lowest BCUT2D eigenvalue weighted by Crippen LogP contribution is -2.03. The molecule has 0 aliphatic carbocycles. The molecule has 0 aliphatic heterocycles. The summed E-state index contributed by atoms with van der Waals surface area (Å²) in [6.07, 6.45) is 4.56. The lowest BCUT2D eigenvalue weighted by atomic mass is 10.0. The molecule has 2 rings (SSSR count). The van der Waals surface area contributed by atoms with Gasteiger partial charge in [-0.25, -0.2) is 9.97 Å². The van der Waals surface area contributed by atoms with Crippen LogP contribution in [0.3, 0.4) is 0 Å². The largest absolute Gasteiger partial charge is 0.507 e. The number of rotatable bonds is 4. The van der Waals surface area contributed by atoms with Gasteiger partial charge < -0.3 is 15.7 Å². The molecule has 1 heterocycles. The van der Waals surface area contributed by atoms with E-state index in [2.05, 4.69) is 9.97 Å². The molecular formula is C15H16N4O2. The Bertz CT molecular complexity index is 696. The minimum atomic E-state index is -0.287. The van der Waals surface area contributed by atoms with E-state index in [1.54, 1.807) is 29.3 Å². The zero-order valence-electron chi connectivity index (χ0n) is 11.8. The number of nitrogen functional groups attached to an aromatic ring is 1. The number of benzene rings is 1. The van der Waals surface area contributed by atoms with Crippen LogP contribution in [0.1, 0.15) is 10.4 Å². The number of nitrogens with two attached hydrogens (primary N) is 1. The van der Waals surface area contributed by atoms with Crippen molar-refractivity contribution in [3.63, 3.8) is 0 Å². The van der Waals surface area contributed by atoms with E-state index in [-0.39, 0.29) is 23.0 Å². The van der Waals surface area contributed by atoms with Crippen molar-refractivity contribution >= 4 is 11.7 Å². The van der Waals surface area contributed by atoms with E-state index in [0.717, 1.165) is 0 Å². The molecule has 1 aromatic heterocycles. The van der Waals surface area contributed by atoms with Crippen molar-refractivity contribution in [2.45, 2.75) is 0 Å². The Morgan fingerprint density at radius 3 is 2.76 bits per heavy atom. The normalized spacial score (nSPS) is 10.8. The van der Waals surface area contributed by atoms with Gasteiger partial charge in [-0.3, -0.25) is 4.79 Å². The van der Waals surface area contributed by atoms with Crippen molar-refractivity contribution in [1.82, 2.24) is 14.9 Å². The van der Waals surface area contributed by atoms with Gasteiger partial charge in [0.1, 0.15) is 5.75 Å². The van der Waals surface area contributed by atoms with Crippen molar-refractivity contribution in [3.8, 4) is 17.0 Å². The molecule has 0 amide bonds. The molecule has 21 heavy (non-hydrogen) atoms. The Morgan fingerprint density at radius 2 is 2.10 bits per heavy atom. The third kappa shape index (κ3) is 3.56. The van der Waals surface area contributed by atoms with Crippen molar-refractivity contribution in [1.29, 1.82) is 0 Å². The first-order chi connectivity index (χ1) is 9.97. The monoisotopic (exact) mass is 284 g/mol. The molecule has 0 atom stereocenters. The Labute approximate surface area is 122 Å². The molecular weight excluding hydrogens is 268 g/mol. The van der Waals surface area contributed by atoms with Crippen molar-refractivity contribution in [2.24, 2.45) is 0 Å². The molecule has 108 valence electrons. The van der Waals surface area contributed by atoms with Crippen LogP contribution in [0.2, 0.25) is 0 Å². The molecule has 2 aromatic rings. The maximum absolute atomic E-state index is 12.1. The Balaban J connectivity index is 2.40. The first kappa shape index (κ1) is 14.5. The lowest BCUT2D eigenvalue weighted by Gasteiger charge is -2.07. The van der Waals surface area contributed by atoms with Gasteiger partial charge in [-0.15, -0.1) is 0 Å². The van der Waals surface area contributed by atoms with E-state index in [9.17, 15) is 9.90 Å². The average Bonchev–Trinajstić information content (AvgIpc) is 2.45. The van der Waals surface area contributed by atoms with Gasteiger partial charge in [0.05, 0.1) is 11.3 Å². The molecule has 0 aliphatic rings. The van der Waals surface area contributed by atoms with Crippen LogP contribution in [0.4, 0.5) is 5.95 Å². The standard InChI is InChI=1S/C15H16N4O2/c1-19(2)8-6-14(21)11-9-10(3-4-13(11)20)12-5-7-17-15(16)18-12/h3-9,20H,1-2H3,(H2,16,17,18)/b8-6+. The van der Waals surface area contributed by atoms with Crippen LogP contribution >= 0.6 is 0 Å². The van der Waals surface area contributed by atoms with E-state index >= 15 is 0 Å². The average molecular weight is 284 g/mol. The van der Waals surface area contributed by atoms with E-state index in [1.807, 2.05) is 14.1 Å². The maximum Gasteiger partial charge on any atom is 0.220 e. The van der Waals surface area contributed by atoms with Gasteiger partial charge in [0, 0.05) is 38.1 Å². The molecule has 6 heteroatoms. The summed E-state index contributed by atoms with van der Waals surface area (Å²) in [5.41, 5.74) is 7.04. The second kappa shape index (κ2) is 6.04. The number of aromatic hydroxyl groups is 1. The van der Waals surface area contributed by atoms with E-state index in [4.69, 9.17) is 5.73 Å². The number of carbonyl (C=O) groups is 1. The fourth-order valence-corrected chi connectivity index (χ4v) is 1.73. The summed E-state index contributed by atoms with van der Waals surface area (Å²) in [5, 5.41) is 9.85. The highest BCUT2D eigenvalue weighted by molar-refractivity contribution is 6.07. The number of hydrogen-bond acceptors (Lipinski definition) is 6. The number of nitrogens with zero attached hydrogens (tertiary/aromatic N) is 3. The maximum atomic E-state index is 12.1. The number of anilines is 1. The lowest BCUT2D eigenvalue weighted by molar-refractivity contribution is 0.104. The highest BCUT2D eigenvalue weighted by atomic mass is 16.3. The fraction of sp³-hybridized carbons (Fsp3) is 0.133. The van der Waals surface area contributed by atoms with E-state index in [0.29, 0.717) is 11.3 Å². The molecule has 0 saturated heterocycles. The first-order valence-electron chi connectivity index (χ1n) is 6.28. The summed E-state index contributed by atoms with van der Waals surface area (Å²) in [6.45, 7) is 0. The zero-order chi connectivity index (χ0) is 15.4. The number of phenolic OH excluding ortho intramolecular Hbond substituents is 1. The van der Waals surface area contributed by atoms with Crippen LogP contribution in [0.15, 0.2) is 42.7 Å². The Kier molecular flexibility index (Phi) is 4.18. The van der Waals surface area contributed by atoms with Gasteiger partial charge in [0.15, 0.2) is 5.78 Å². The van der Waals surface area contributed by atoms with Gasteiger partial charge in [-0.2, -0.15) is 0 Å². The molecule has 6 nitrogen and oxygen atoms in total. The number of aromatic nitrogens is 2. The van der Waals surface area contributed by atoms with Gasteiger partial charge in [0.25, 0.3) is 0 Å².